The average Bonchev–Trinajstić information content (AvgIpc) is 2.45. The van der Waals surface area contributed by atoms with Gasteiger partial charge >= 0.3 is 12.0 Å². The zero-order valence-corrected chi connectivity index (χ0v) is 11.8. The van der Waals surface area contributed by atoms with Gasteiger partial charge in [-0.1, -0.05) is 12.1 Å². The lowest BCUT2D eigenvalue weighted by Gasteiger charge is -2.07. The monoisotopic (exact) mass is 310 g/mol. The molecule has 0 fully saturated rings. The van der Waals surface area contributed by atoms with E-state index in [0.717, 1.165) is 6.07 Å². The van der Waals surface area contributed by atoms with Crippen LogP contribution >= 0.6 is 0 Å². The van der Waals surface area contributed by atoms with Crippen molar-refractivity contribution in [3.63, 3.8) is 0 Å². The highest BCUT2D eigenvalue weighted by molar-refractivity contribution is 6.01. The standard InChI is InChI=1S/C14H15FN2O5/c1-9(18)6-7-13(20)22-8-12(19)17-14(21)16-11-5-3-2-4-10(11)15/h2-5H,6-8H2,1H3,(H2,16,17,19,21). The van der Waals surface area contributed by atoms with Crippen LogP contribution in [0.5, 0.6) is 0 Å². The number of rotatable bonds is 6. The van der Waals surface area contributed by atoms with Gasteiger partial charge in [-0.2, -0.15) is 0 Å². The number of urea groups is 1. The molecule has 0 aliphatic heterocycles. The molecular formula is C14H15FN2O5. The number of anilines is 1. The zero-order chi connectivity index (χ0) is 16.5. The third-order valence-corrected chi connectivity index (χ3v) is 2.42. The van der Waals surface area contributed by atoms with Crippen LogP contribution in [0.4, 0.5) is 14.9 Å². The average molecular weight is 310 g/mol. The van der Waals surface area contributed by atoms with Gasteiger partial charge in [0.1, 0.15) is 11.6 Å². The van der Waals surface area contributed by atoms with Crippen molar-refractivity contribution < 1.29 is 28.3 Å². The van der Waals surface area contributed by atoms with E-state index in [2.05, 4.69) is 10.1 Å². The molecule has 1 aromatic carbocycles. The summed E-state index contributed by atoms with van der Waals surface area (Å²) in [6.45, 7) is 0.661. The first kappa shape index (κ1) is 17.3. The van der Waals surface area contributed by atoms with Gasteiger partial charge in [0.15, 0.2) is 6.61 Å². The Morgan fingerprint density at radius 2 is 1.82 bits per heavy atom. The summed E-state index contributed by atoms with van der Waals surface area (Å²) < 4.78 is 17.8. The number of hydrogen-bond acceptors (Lipinski definition) is 5. The molecule has 0 saturated carbocycles. The van der Waals surface area contributed by atoms with Crippen LogP contribution in [0.2, 0.25) is 0 Å². The van der Waals surface area contributed by atoms with Crippen molar-refractivity contribution in [1.82, 2.24) is 5.32 Å². The number of amides is 3. The number of hydrogen-bond donors (Lipinski definition) is 2. The molecule has 0 aromatic heterocycles. The number of ether oxygens (including phenoxy) is 1. The maximum Gasteiger partial charge on any atom is 0.326 e. The molecule has 0 aliphatic carbocycles. The zero-order valence-electron chi connectivity index (χ0n) is 11.8. The van der Waals surface area contributed by atoms with Gasteiger partial charge in [0.2, 0.25) is 0 Å². The number of ketones is 1. The van der Waals surface area contributed by atoms with Gasteiger partial charge in [-0.15, -0.1) is 0 Å². The summed E-state index contributed by atoms with van der Waals surface area (Å²) in [6, 6.07) is 4.48. The predicted octanol–water partition coefficient (Wildman–Crippen LogP) is 1.39. The van der Waals surface area contributed by atoms with Crippen molar-refractivity contribution in [1.29, 1.82) is 0 Å². The summed E-state index contributed by atoms with van der Waals surface area (Å²) >= 11 is 0. The Balaban J connectivity index is 2.33. The van der Waals surface area contributed by atoms with Gasteiger partial charge in [0, 0.05) is 6.42 Å². The molecule has 0 atom stereocenters. The van der Waals surface area contributed by atoms with Crippen molar-refractivity contribution in [2.75, 3.05) is 11.9 Å². The highest BCUT2D eigenvalue weighted by Gasteiger charge is 2.12. The van der Waals surface area contributed by atoms with Crippen LogP contribution in [0.3, 0.4) is 0 Å². The number of carbonyl (C=O) groups is 4. The highest BCUT2D eigenvalue weighted by Crippen LogP contribution is 2.11. The lowest BCUT2D eigenvalue weighted by atomic mass is 10.2. The fourth-order valence-electron chi connectivity index (χ4n) is 1.38. The van der Waals surface area contributed by atoms with E-state index in [-0.39, 0.29) is 24.3 Å². The summed E-state index contributed by atoms with van der Waals surface area (Å²) in [7, 11) is 0. The molecule has 0 saturated heterocycles. The van der Waals surface area contributed by atoms with Gasteiger partial charge in [-0.05, 0) is 19.1 Å². The molecule has 0 heterocycles. The lowest BCUT2D eigenvalue weighted by Crippen LogP contribution is -2.37. The Morgan fingerprint density at radius 1 is 1.14 bits per heavy atom. The van der Waals surface area contributed by atoms with E-state index >= 15 is 0 Å². The van der Waals surface area contributed by atoms with E-state index in [1.165, 1.54) is 25.1 Å². The maximum absolute atomic E-state index is 13.3. The summed E-state index contributed by atoms with van der Waals surface area (Å²) in [5.41, 5.74) is -0.0914. The smallest absolute Gasteiger partial charge is 0.326 e. The molecule has 8 heteroatoms. The molecule has 0 spiro atoms. The van der Waals surface area contributed by atoms with Gasteiger partial charge in [0.25, 0.3) is 5.91 Å². The number of Topliss-reactive ketones (excluding diaryl/α,β-unsaturated/α-hetero) is 1. The Morgan fingerprint density at radius 3 is 2.45 bits per heavy atom. The predicted molar refractivity (Wildman–Crippen MR) is 74.4 cm³/mol. The van der Waals surface area contributed by atoms with Gasteiger partial charge < -0.3 is 14.8 Å². The van der Waals surface area contributed by atoms with E-state index in [4.69, 9.17) is 0 Å². The first-order valence-corrected chi connectivity index (χ1v) is 6.39. The highest BCUT2D eigenvalue weighted by atomic mass is 19.1. The first-order valence-electron chi connectivity index (χ1n) is 6.39. The summed E-state index contributed by atoms with van der Waals surface area (Å²) in [6.07, 6.45) is -0.113. The maximum atomic E-state index is 13.3. The van der Waals surface area contributed by atoms with E-state index in [1.54, 1.807) is 0 Å². The van der Waals surface area contributed by atoms with Gasteiger partial charge in [-0.25, -0.2) is 9.18 Å². The van der Waals surface area contributed by atoms with E-state index in [1.807, 2.05) is 5.32 Å². The Labute approximate surface area is 125 Å². The number of carbonyl (C=O) groups excluding carboxylic acids is 4. The van der Waals surface area contributed by atoms with E-state index in [0.29, 0.717) is 0 Å². The van der Waals surface area contributed by atoms with Crippen molar-refractivity contribution >= 4 is 29.4 Å². The summed E-state index contributed by atoms with van der Waals surface area (Å²) in [5, 5.41) is 4.01. The SMILES string of the molecule is CC(=O)CCC(=O)OCC(=O)NC(=O)Nc1ccccc1F. The molecule has 7 nitrogen and oxygen atoms in total. The Kier molecular flexibility index (Phi) is 6.68. The molecule has 0 radical (unpaired) electrons. The van der Waals surface area contributed by atoms with Crippen LogP contribution in [0.15, 0.2) is 24.3 Å². The van der Waals surface area contributed by atoms with Crippen molar-refractivity contribution in [3.05, 3.63) is 30.1 Å². The molecule has 118 valence electrons. The molecule has 0 aliphatic rings. The minimum absolute atomic E-state index is 0.0220. The Hall–Kier alpha value is -2.77. The van der Waals surface area contributed by atoms with Crippen LogP contribution in [0.25, 0.3) is 0 Å². The summed E-state index contributed by atoms with van der Waals surface area (Å²) in [4.78, 5) is 44.6. The molecular weight excluding hydrogens is 295 g/mol. The molecule has 0 unspecified atom stereocenters. The second kappa shape index (κ2) is 8.50. The fourth-order valence-corrected chi connectivity index (χ4v) is 1.38. The van der Waals surface area contributed by atoms with Crippen LogP contribution < -0.4 is 10.6 Å². The second-order valence-corrected chi connectivity index (χ2v) is 4.34. The number of halogens is 1. The third kappa shape index (κ3) is 6.60. The van der Waals surface area contributed by atoms with E-state index < -0.39 is 30.3 Å². The molecule has 22 heavy (non-hydrogen) atoms. The fraction of sp³-hybridized carbons (Fsp3) is 0.286. The number of benzene rings is 1. The van der Waals surface area contributed by atoms with Crippen molar-refractivity contribution in [2.45, 2.75) is 19.8 Å². The van der Waals surface area contributed by atoms with Gasteiger partial charge in [-0.3, -0.25) is 14.9 Å². The lowest BCUT2D eigenvalue weighted by molar-refractivity contribution is -0.148. The number of imide groups is 1. The molecule has 0 bridgehead atoms. The van der Waals surface area contributed by atoms with Crippen LogP contribution in [-0.4, -0.2) is 30.3 Å². The third-order valence-electron chi connectivity index (χ3n) is 2.42. The normalized spacial score (nSPS) is 9.73. The summed E-state index contributed by atoms with van der Waals surface area (Å²) in [5.74, 6) is -2.42. The van der Waals surface area contributed by atoms with Crippen LogP contribution in [0, 0.1) is 5.82 Å². The molecule has 2 N–H and O–H groups in total. The Bertz CT molecular complexity index is 588. The van der Waals surface area contributed by atoms with Gasteiger partial charge in [0.05, 0.1) is 12.1 Å². The van der Waals surface area contributed by atoms with Crippen molar-refractivity contribution in [2.24, 2.45) is 0 Å². The second-order valence-electron chi connectivity index (χ2n) is 4.34. The largest absolute Gasteiger partial charge is 0.456 e. The minimum atomic E-state index is -0.949. The number of nitrogens with one attached hydrogen (secondary N) is 2. The molecule has 1 aromatic rings. The van der Waals surface area contributed by atoms with Crippen molar-refractivity contribution in [3.8, 4) is 0 Å². The topological polar surface area (TPSA) is 102 Å². The van der Waals surface area contributed by atoms with Crippen LogP contribution in [-0.2, 0) is 19.1 Å². The van der Waals surface area contributed by atoms with E-state index in [9.17, 15) is 23.6 Å². The molecule has 3 amide bonds. The quantitative estimate of drug-likeness (QED) is 0.773. The number of para-hydroxylation sites is 1. The van der Waals surface area contributed by atoms with Crippen LogP contribution in [0.1, 0.15) is 19.8 Å². The molecule has 1 rings (SSSR count). The first-order chi connectivity index (χ1) is 10.4. The minimum Gasteiger partial charge on any atom is -0.456 e. The number of esters is 1.